The summed E-state index contributed by atoms with van der Waals surface area (Å²) in [5, 5.41) is 6.40. The summed E-state index contributed by atoms with van der Waals surface area (Å²) < 4.78 is 26.5. The van der Waals surface area contributed by atoms with Gasteiger partial charge < -0.3 is 15.5 Å². The summed E-state index contributed by atoms with van der Waals surface area (Å²) in [6.07, 6.45) is 6.55. The lowest BCUT2D eigenvalue weighted by atomic mass is 10.1. The van der Waals surface area contributed by atoms with Gasteiger partial charge in [-0.1, -0.05) is 12.1 Å². The van der Waals surface area contributed by atoms with Gasteiger partial charge in [-0.25, -0.2) is 13.4 Å². The van der Waals surface area contributed by atoms with Crippen LogP contribution in [0, 0.1) is 0 Å². The van der Waals surface area contributed by atoms with Crippen LogP contribution in [0.1, 0.15) is 19.3 Å². The van der Waals surface area contributed by atoms with Crippen LogP contribution in [0.5, 0.6) is 0 Å². The Balaban J connectivity index is 1.50. The molecule has 1 saturated heterocycles. The van der Waals surface area contributed by atoms with E-state index in [1.807, 2.05) is 18.2 Å². The van der Waals surface area contributed by atoms with Crippen LogP contribution >= 0.6 is 15.9 Å². The first-order chi connectivity index (χ1) is 15.4. The predicted octanol–water partition coefficient (Wildman–Crippen LogP) is 5.09. The minimum Gasteiger partial charge on any atom is -0.372 e. The second kappa shape index (κ2) is 9.74. The van der Waals surface area contributed by atoms with Gasteiger partial charge >= 0.3 is 0 Å². The number of sulfonamides is 1. The summed E-state index contributed by atoms with van der Waals surface area (Å²) in [5.74, 6) is 0.935. The molecule has 1 fully saturated rings. The van der Waals surface area contributed by atoms with Gasteiger partial charge in [0.1, 0.15) is 5.82 Å². The molecular weight excluding hydrogens is 492 g/mol. The van der Waals surface area contributed by atoms with E-state index in [1.54, 1.807) is 24.4 Å². The predicted molar refractivity (Wildman–Crippen MR) is 134 cm³/mol. The zero-order valence-electron chi connectivity index (χ0n) is 17.7. The van der Waals surface area contributed by atoms with Gasteiger partial charge in [0.25, 0.3) is 0 Å². The highest BCUT2D eigenvalue weighted by Gasteiger charge is 2.12. The molecule has 1 aliphatic heterocycles. The fourth-order valence-corrected chi connectivity index (χ4v) is 4.43. The maximum atomic E-state index is 11.7. The number of aromatic nitrogens is 2. The van der Waals surface area contributed by atoms with E-state index in [-0.39, 0.29) is 0 Å². The smallest absolute Gasteiger partial charge is 0.229 e. The maximum Gasteiger partial charge on any atom is 0.229 e. The van der Waals surface area contributed by atoms with Crippen molar-refractivity contribution in [3.63, 3.8) is 0 Å². The summed E-state index contributed by atoms with van der Waals surface area (Å²) in [7, 11) is -3.41. The van der Waals surface area contributed by atoms with E-state index in [4.69, 9.17) is 0 Å². The Hall–Kier alpha value is -2.85. The Morgan fingerprint density at radius 2 is 1.62 bits per heavy atom. The molecule has 8 nitrogen and oxygen atoms in total. The zero-order valence-corrected chi connectivity index (χ0v) is 20.1. The molecule has 0 aliphatic carbocycles. The fraction of sp³-hybridized carbons (Fsp3) is 0.273. The number of nitrogens with one attached hydrogen (secondary N) is 3. The molecule has 0 amide bonds. The number of nitrogens with zero attached hydrogens (tertiary/aromatic N) is 3. The van der Waals surface area contributed by atoms with Gasteiger partial charge in [0, 0.05) is 30.7 Å². The number of piperidine rings is 1. The van der Waals surface area contributed by atoms with Crippen molar-refractivity contribution in [3.8, 4) is 0 Å². The molecular formula is C22H25BrN6O2S. The van der Waals surface area contributed by atoms with Gasteiger partial charge in [0.2, 0.25) is 16.0 Å². The van der Waals surface area contributed by atoms with Gasteiger partial charge in [-0.05, 0) is 71.6 Å². The first-order valence-electron chi connectivity index (χ1n) is 10.4. The highest BCUT2D eigenvalue weighted by molar-refractivity contribution is 9.10. The lowest BCUT2D eigenvalue weighted by molar-refractivity contribution is 0.578. The van der Waals surface area contributed by atoms with Gasteiger partial charge in [0.05, 0.1) is 22.1 Å². The highest BCUT2D eigenvalue weighted by Crippen LogP contribution is 2.30. The van der Waals surface area contributed by atoms with E-state index in [1.165, 1.54) is 24.9 Å². The molecule has 0 atom stereocenters. The molecule has 1 aromatic heterocycles. The number of para-hydroxylation sites is 2. The molecule has 1 aliphatic rings. The van der Waals surface area contributed by atoms with Crippen molar-refractivity contribution in [2.24, 2.45) is 0 Å². The standard InChI is InChI=1S/C22H25BrN6O2S/c1-32(30,31)28-20-8-4-3-7-19(20)26-21-18(23)15-24-22(27-21)25-16-9-11-17(12-10-16)29-13-5-2-6-14-29/h3-4,7-12,15,28H,2,5-6,13-14H2,1H3,(H2,24,25,26,27). The Morgan fingerprint density at radius 3 is 2.31 bits per heavy atom. The van der Waals surface area contributed by atoms with E-state index in [2.05, 4.69) is 58.3 Å². The summed E-state index contributed by atoms with van der Waals surface area (Å²) in [6, 6.07) is 15.3. The fourth-order valence-electron chi connectivity index (χ4n) is 3.56. The molecule has 32 heavy (non-hydrogen) atoms. The summed E-state index contributed by atoms with van der Waals surface area (Å²) in [4.78, 5) is 11.3. The van der Waals surface area contributed by atoms with Crippen LogP contribution in [0.25, 0.3) is 0 Å². The molecule has 3 N–H and O–H groups in total. The number of halogens is 1. The molecule has 0 unspecified atom stereocenters. The second-order valence-electron chi connectivity index (χ2n) is 7.65. The number of anilines is 6. The molecule has 0 saturated carbocycles. The molecule has 3 aromatic rings. The van der Waals surface area contributed by atoms with Crippen molar-refractivity contribution < 1.29 is 8.42 Å². The SMILES string of the molecule is CS(=O)(=O)Nc1ccccc1Nc1nc(Nc2ccc(N3CCCCC3)cc2)ncc1Br. The first-order valence-corrected chi connectivity index (χ1v) is 13.0. The van der Waals surface area contributed by atoms with Crippen molar-refractivity contribution in [2.75, 3.05) is 39.6 Å². The summed E-state index contributed by atoms with van der Waals surface area (Å²) in [6.45, 7) is 2.21. The number of hydrogen-bond donors (Lipinski definition) is 3. The lowest BCUT2D eigenvalue weighted by Crippen LogP contribution is -2.29. The topological polar surface area (TPSA) is 99.2 Å². The van der Waals surface area contributed by atoms with Crippen molar-refractivity contribution in [3.05, 3.63) is 59.2 Å². The maximum absolute atomic E-state index is 11.7. The second-order valence-corrected chi connectivity index (χ2v) is 10.3. The van der Waals surface area contributed by atoms with Crippen molar-refractivity contribution >= 4 is 60.5 Å². The molecule has 2 aromatic carbocycles. The van der Waals surface area contributed by atoms with Gasteiger partial charge in [0.15, 0.2) is 0 Å². The minimum atomic E-state index is -3.41. The zero-order chi connectivity index (χ0) is 22.6. The van der Waals surface area contributed by atoms with Crippen molar-refractivity contribution in [1.82, 2.24) is 9.97 Å². The van der Waals surface area contributed by atoms with Crippen LogP contribution in [0.15, 0.2) is 59.2 Å². The van der Waals surface area contributed by atoms with E-state index in [0.29, 0.717) is 27.6 Å². The molecule has 10 heteroatoms. The third-order valence-corrected chi connectivity index (χ3v) is 6.24. The highest BCUT2D eigenvalue weighted by atomic mass is 79.9. The molecule has 0 bridgehead atoms. The summed E-state index contributed by atoms with van der Waals surface area (Å²) in [5.41, 5.74) is 3.12. The molecule has 0 spiro atoms. The first kappa shape index (κ1) is 22.3. The van der Waals surface area contributed by atoms with E-state index >= 15 is 0 Å². The Morgan fingerprint density at radius 1 is 0.938 bits per heavy atom. The van der Waals surface area contributed by atoms with E-state index < -0.39 is 10.0 Å². The molecule has 2 heterocycles. The quantitative estimate of drug-likeness (QED) is 0.402. The monoisotopic (exact) mass is 516 g/mol. The molecule has 4 rings (SSSR count). The number of hydrogen-bond acceptors (Lipinski definition) is 7. The lowest BCUT2D eigenvalue weighted by Gasteiger charge is -2.28. The minimum absolute atomic E-state index is 0.426. The largest absolute Gasteiger partial charge is 0.372 e. The Labute approximate surface area is 196 Å². The third kappa shape index (κ3) is 5.89. The average Bonchev–Trinajstić information content (AvgIpc) is 2.77. The van der Waals surface area contributed by atoms with Crippen molar-refractivity contribution in [2.45, 2.75) is 19.3 Å². The van der Waals surface area contributed by atoms with Gasteiger partial charge in [-0.15, -0.1) is 0 Å². The third-order valence-electron chi connectivity index (χ3n) is 5.06. The van der Waals surface area contributed by atoms with Crippen LogP contribution in [0.2, 0.25) is 0 Å². The Kier molecular flexibility index (Phi) is 6.80. The number of benzene rings is 2. The van der Waals surface area contributed by atoms with Crippen LogP contribution in [-0.4, -0.2) is 37.7 Å². The molecule has 168 valence electrons. The average molecular weight is 517 g/mol. The molecule has 0 radical (unpaired) electrons. The van der Waals surface area contributed by atoms with Crippen LogP contribution in [-0.2, 0) is 10.0 Å². The summed E-state index contributed by atoms with van der Waals surface area (Å²) >= 11 is 3.45. The van der Waals surface area contributed by atoms with Gasteiger partial charge in [-0.3, -0.25) is 4.72 Å². The van der Waals surface area contributed by atoms with Crippen molar-refractivity contribution in [1.29, 1.82) is 0 Å². The van der Waals surface area contributed by atoms with Crippen LogP contribution < -0.4 is 20.3 Å². The number of rotatable bonds is 7. The Bertz CT molecular complexity index is 1180. The van der Waals surface area contributed by atoms with Gasteiger partial charge in [-0.2, -0.15) is 4.98 Å². The van der Waals surface area contributed by atoms with Crippen LogP contribution in [0.3, 0.4) is 0 Å². The van der Waals surface area contributed by atoms with E-state index in [0.717, 1.165) is 25.0 Å². The van der Waals surface area contributed by atoms with Crippen LogP contribution in [0.4, 0.5) is 34.5 Å². The van der Waals surface area contributed by atoms with E-state index in [9.17, 15) is 8.42 Å². The normalized spacial score (nSPS) is 14.1.